The van der Waals surface area contributed by atoms with E-state index in [0.29, 0.717) is 18.7 Å². The normalized spacial score (nSPS) is 20.5. The SMILES string of the molecule is NC1(C(=O)Nc2ccccc2N2CCCC2=O)CC1. The monoisotopic (exact) mass is 259 g/mol. The summed E-state index contributed by atoms with van der Waals surface area (Å²) in [5.74, 6) is -0.0535. The van der Waals surface area contributed by atoms with Gasteiger partial charge >= 0.3 is 0 Å². The molecule has 1 aliphatic heterocycles. The van der Waals surface area contributed by atoms with Crippen LogP contribution in [0.5, 0.6) is 0 Å². The summed E-state index contributed by atoms with van der Waals surface area (Å²) in [5.41, 5.74) is 6.60. The number of para-hydroxylation sites is 2. The molecule has 1 aliphatic carbocycles. The second-order valence-corrected chi connectivity index (χ2v) is 5.28. The quantitative estimate of drug-likeness (QED) is 0.857. The number of anilines is 2. The third-order valence-corrected chi connectivity index (χ3v) is 3.76. The van der Waals surface area contributed by atoms with Crippen LogP contribution in [0.2, 0.25) is 0 Å². The molecular formula is C14H17N3O2. The van der Waals surface area contributed by atoms with E-state index in [2.05, 4.69) is 5.32 Å². The van der Waals surface area contributed by atoms with Crippen molar-refractivity contribution in [3.63, 3.8) is 0 Å². The fourth-order valence-electron chi connectivity index (χ4n) is 2.33. The molecule has 3 rings (SSSR count). The molecule has 100 valence electrons. The summed E-state index contributed by atoms with van der Waals surface area (Å²) in [6.45, 7) is 0.708. The van der Waals surface area contributed by atoms with Crippen LogP contribution >= 0.6 is 0 Å². The Morgan fingerprint density at radius 1 is 1.32 bits per heavy atom. The number of amides is 2. The standard InChI is InChI=1S/C14H17N3O2/c15-14(7-8-14)13(19)16-10-4-1-2-5-11(10)17-9-3-6-12(17)18/h1-2,4-5H,3,6-9,15H2,(H,16,19). The van der Waals surface area contributed by atoms with Gasteiger partial charge in [0, 0.05) is 13.0 Å². The molecule has 0 spiro atoms. The number of nitrogens with zero attached hydrogens (tertiary/aromatic N) is 1. The van der Waals surface area contributed by atoms with E-state index in [4.69, 9.17) is 5.73 Å². The van der Waals surface area contributed by atoms with E-state index in [-0.39, 0.29) is 11.8 Å². The Kier molecular flexibility index (Phi) is 2.78. The molecule has 2 aliphatic rings. The number of nitrogens with two attached hydrogens (primary N) is 1. The van der Waals surface area contributed by atoms with Gasteiger partial charge in [0.1, 0.15) is 0 Å². The molecule has 1 saturated heterocycles. The first kappa shape index (κ1) is 12.2. The van der Waals surface area contributed by atoms with Gasteiger partial charge in [-0.15, -0.1) is 0 Å². The van der Waals surface area contributed by atoms with Crippen LogP contribution < -0.4 is 16.0 Å². The number of nitrogens with one attached hydrogen (secondary N) is 1. The summed E-state index contributed by atoms with van der Waals surface area (Å²) in [6.07, 6.45) is 2.89. The van der Waals surface area contributed by atoms with E-state index in [9.17, 15) is 9.59 Å². The van der Waals surface area contributed by atoms with Gasteiger partial charge < -0.3 is 16.0 Å². The van der Waals surface area contributed by atoms with Gasteiger partial charge in [-0.05, 0) is 31.4 Å². The number of hydrogen-bond acceptors (Lipinski definition) is 3. The van der Waals surface area contributed by atoms with Crippen LogP contribution in [0.3, 0.4) is 0 Å². The van der Waals surface area contributed by atoms with Crippen LogP contribution in [0, 0.1) is 0 Å². The van der Waals surface area contributed by atoms with Crippen molar-refractivity contribution in [1.82, 2.24) is 0 Å². The van der Waals surface area contributed by atoms with Crippen molar-refractivity contribution < 1.29 is 9.59 Å². The van der Waals surface area contributed by atoms with Gasteiger partial charge in [0.2, 0.25) is 11.8 Å². The van der Waals surface area contributed by atoms with Gasteiger partial charge in [-0.3, -0.25) is 9.59 Å². The van der Waals surface area contributed by atoms with Crippen LogP contribution in [0.1, 0.15) is 25.7 Å². The van der Waals surface area contributed by atoms with Crippen molar-refractivity contribution in [3.8, 4) is 0 Å². The molecule has 19 heavy (non-hydrogen) atoms. The van der Waals surface area contributed by atoms with Crippen molar-refractivity contribution in [3.05, 3.63) is 24.3 Å². The average Bonchev–Trinajstić information content (AvgIpc) is 3.01. The lowest BCUT2D eigenvalue weighted by Gasteiger charge is -2.20. The van der Waals surface area contributed by atoms with E-state index in [1.807, 2.05) is 24.3 Å². The van der Waals surface area contributed by atoms with Crippen LogP contribution in [0.25, 0.3) is 0 Å². The summed E-state index contributed by atoms with van der Waals surface area (Å²) >= 11 is 0. The maximum atomic E-state index is 12.0. The first-order chi connectivity index (χ1) is 9.10. The molecule has 5 heteroatoms. The summed E-state index contributed by atoms with van der Waals surface area (Å²) in [5, 5.41) is 2.85. The lowest BCUT2D eigenvalue weighted by atomic mass is 10.2. The van der Waals surface area contributed by atoms with Gasteiger partial charge in [-0.1, -0.05) is 12.1 Å². The first-order valence-electron chi connectivity index (χ1n) is 6.60. The summed E-state index contributed by atoms with van der Waals surface area (Å²) < 4.78 is 0. The summed E-state index contributed by atoms with van der Waals surface area (Å²) in [6, 6.07) is 7.38. The molecule has 2 fully saturated rings. The Labute approximate surface area is 111 Å². The Hall–Kier alpha value is -1.88. The molecule has 5 nitrogen and oxygen atoms in total. The van der Waals surface area contributed by atoms with Crippen LogP contribution in [0.4, 0.5) is 11.4 Å². The largest absolute Gasteiger partial charge is 0.323 e. The van der Waals surface area contributed by atoms with Crippen molar-refractivity contribution in [2.45, 2.75) is 31.2 Å². The second-order valence-electron chi connectivity index (χ2n) is 5.28. The van der Waals surface area contributed by atoms with E-state index in [1.165, 1.54) is 0 Å². The summed E-state index contributed by atoms with van der Waals surface area (Å²) in [7, 11) is 0. The fraction of sp³-hybridized carbons (Fsp3) is 0.429. The number of hydrogen-bond donors (Lipinski definition) is 2. The topological polar surface area (TPSA) is 75.4 Å². The number of benzene rings is 1. The molecule has 1 heterocycles. The first-order valence-corrected chi connectivity index (χ1v) is 6.60. The molecule has 2 amide bonds. The van der Waals surface area contributed by atoms with Crippen LogP contribution in [-0.4, -0.2) is 23.9 Å². The van der Waals surface area contributed by atoms with E-state index >= 15 is 0 Å². The molecular weight excluding hydrogens is 242 g/mol. The molecule has 3 N–H and O–H groups in total. The lowest BCUT2D eigenvalue weighted by Crippen LogP contribution is -2.38. The van der Waals surface area contributed by atoms with Crippen LogP contribution in [-0.2, 0) is 9.59 Å². The highest BCUT2D eigenvalue weighted by Gasteiger charge is 2.46. The second kappa shape index (κ2) is 4.35. The van der Waals surface area contributed by atoms with Gasteiger partial charge in [0.05, 0.1) is 16.9 Å². The molecule has 0 atom stereocenters. The zero-order chi connectivity index (χ0) is 13.5. The van der Waals surface area contributed by atoms with Crippen molar-refractivity contribution in [2.75, 3.05) is 16.8 Å². The van der Waals surface area contributed by atoms with Gasteiger partial charge in [0.15, 0.2) is 0 Å². The van der Waals surface area contributed by atoms with E-state index in [1.54, 1.807) is 4.90 Å². The molecule has 1 aromatic carbocycles. The molecule has 1 saturated carbocycles. The highest BCUT2D eigenvalue weighted by atomic mass is 16.2. The number of carbonyl (C=O) groups is 2. The number of rotatable bonds is 3. The highest BCUT2D eigenvalue weighted by Crippen LogP contribution is 2.35. The zero-order valence-corrected chi connectivity index (χ0v) is 10.7. The Balaban J connectivity index is 1.85. The van der Waals surface area contributed by atoms with Crippen molar-refractivity contribution in [1.29, 1.82) is 0 Å². The molecule has 0 aromatic heterocycles. The third-order valence-electron chi connectivity index (χ3n) is 3.76. The lowest BCUT2D eigenvalue weighted by molar-refractivity contribution is -0.118. The maximum absolute atomic E-state index is 12.0. The Bertz CT molecular complexity index is 537. The predicted molar refractivity (Wildman–Crippen MR) is 72.8 cm³/mol. The minimum atomic E-state index is -0.706. The van der Waals surface area contributed by atoms with Gasteiger partial charge in [-0.2, -0.15) is 0 Å². The highest BCUT2D eigenvalue weighted by molar-refractivity contribution is 6.05. The molecule has 0 bridgehead atoms. The predicted octanol–water partition coefficient (Wildman–Crippen LogP) is 1.24. The van der Waals surface area contributed by atoms with Crippen LogP contribution in [0.15, 0.2) is 24.3 Å². The minimum absolute atomic E-state index is 0.107. The molecule has 0 unspecified atom stereocenters. The Morgan fingerprint density at radius 3 is 2.68 bits per heavy atom. The van der Waals surface area contributed by atoms with Gasteiger partial charge in [-0.25, -0.2) is 0 Å². The Morgan fingerprint density at radius 2 is 2.05 bits per heavy atom. The van der Waals surface area contributed by atoms with Gasteiger partial charge in [0.25, 0.3) is 0 Å². The third kappa shape index (κ3) is 2.21. The maximum Gasteiger partial charge on any atom is 0.244 e. The molecule has 1 aromatic rings. The fourth-order valence-corrected chi connectivity index (χ4v) is 2.33. The zero-order valence-electron chi connectivity index (χ0n) is 10.7. The average molecular weight is 259 g/mol. The minimum Gasteiger partial charge on any atom is -0.323 e. The van der Waals surface area contributed by atoms with Crippen molar-refractivity contribution in [2.24, 2.45) is 5.73 Å². The molecule has 0 radical (unpaired) electrons. The number of carbonyl (C=O) groups excluding carboxylic acids is 2. The van der Waals surface area contributed by atoms with Crippen molar-refractivity contribution >= 4 is 23.2 Å². The van der Waals surface area contributed by atoms with E-state index in [0.717, 1.165) is 24.9 Å². The summed E-state index contributed by atoms with van der Waals surface area (Å²) in [4.78, 5) is 25.5. The smallest absolute Gasteiger partial charge is 0.244 e. The van der Waals surface area contributed by atoms with E-state index < -0.39 is 5.54 Å².